The molecule has 3 atom stereocenters. The fourth-order valence-corrected chi connectivity index (χ4v) is 4.71. The molecule has 42 heavy (non-hydrogen) atoms. The Bertz CT molecular complexity index is 1330. The second-order valence-corrected chi connectivity index (χ2v) is 10.4. The highest BCUT2D eigenvalue weighted by Crippen LogP contribution is 2.45. The van der Waals surface area contributed by atoms with Crippen LogP contribution in [0.5, 0.6) is 17.2 Å². The highest BCUT2D eigenvalue weighted by Gasteiger charge is 2.31. The third-order valence-corrected chi connectivity index (χ3v) is 6.92. The van der Waals surface area contributed by atoms with Crippen LogP contribution in [0.2, 0.25) is 0 Å². The highest BCUT2D eigenvalue weighted by molar-refractivity contribution is 7.47. The summed E-state index contributed by atoms with van der Waals surface area (Å²) in [5.41, 5.74) is 1.75. The van der Waals surface area contributed by atoms with Gasteiger partial charge in [0.15, 0.2) is 0 Å². The van der Waals surface area contributed by atoms with Crippen molar-refractivity contribution >= 4 is 20.1 Å². The molecule has 0 spiro atoms. The van der Waals surface area contributed by atoms with Gasteiger partial charge in [-0.05, 0) is 47.9 Å². The van der Waals surface area contributed by atoms with E-state index >= 15 is 0 Å². The van der Waals surface area contributed by atoms with Gasteiger partial charge in [0.2, 0.25) is 0 Å². The summed E-state index contributed by atoms with van der Waals surface area (Å²) in [6, 6.07) is 24.6. The Morgan fingerprint density at radius 3 is 2.50 bits per heavy atom. The predicted octanol–water partition coefficient (Wildman–Crippen LogP) is 5.83. The van der Waals surface area contributed by atoms with Gasteiger partial charge in [-0.15, -0.1) is 6.58 Å². The van der Waals surface area contributed by atoms with E-state index in [0.717, 1.165) is 16.9 Å². The number of phosphoric ester groups is 1. The van der Waals surface area contributed by atoms with Crippen molar-refractivity contribution in [2.45, 2.75) is 38.1 Å². The van der Waals surface area contributed by atoms with E-state index in [2.05, 4.69) is 6.58 Å². The SMILES string of the molecule is C=CC(OP(=O)(O)OCCC=O)C(COC(=O)CCc1ccccc1OCc1cccc(Oc2ccccc2)c1)OC. The molecule has 10 nitrogen and oxygen atoms in total. The molecule has 0 fully saturated rings. The number of benzene rings is 3. The molecule has 0 saturated carbocycles. The average molecular weight is 599 g/mol. The minimum absolute atomic E-state index is 0.0596. The van der Waals surface area contributed by atoms with Crippen molar-refractivity contribution in [2.24, 2.45) is 0 Å². The summed E-state index contributed by atoms with van der Waals surface area (Å²) in [6.07, 6.45) is 0.119. The number of carbonyl (C=O) groups excluding carboxylic acids is 2. The molecule has 3 aromatic carbocycles. The molecule has 0 aliphatic rings. The lowest BCUT2D eigenvalue weighted by Crippen LogP contribution is -2.34. The Balaban J connectivity index is 1.50. The lowest BCUT2D eigenvalue weighted by molar-refractivity contribution is -0.149. The van der Waals surface area contributed by atoms with Gasteiger partial charge in [-0.1, -0.05) is 54.6 Å². The molecule has 3 rings (SSSR count). The van der Waals surface area contributed by atoms with Crippen LogP contribution in [0.3, 0.4) is 0 Å². The van der Waals surface area contributed by atoms with Gasteiger partial charge in [-0.3, -0.25) is 13.8 Å². The van der Waals surface area contributed by atoms with Crippen molar-refractivity contribution in [1.29, 1.82) is 0 Å². The lowest BCUT2D eigenvalue weighted by Gasteiger charge is -2.24. The molecule has 3 aromatic rings. The van der Waals surface area contributed by atoms with Crippen molar-refractivity contribution in [1.82, 2.24) is 0 Å². The summed E-state index contributed by atoms with van der Waals surface area (Å²) >= 11 is 0. The molecule has 0 aliphatic heterocycles. The fraction of sp³-hybridized carbons (Fsp3) is 0.290. The molecular formula is C31H35O10P. The van der Waals surface area contributed by atoms with Crippen LogP contribution in [-0.2, 0) is 45.7 Å². The van der Waals surface area contributed by atoms with E-state index in [4.69, 9.17) is 28.0 Å². The summed E-state index contributed by atoms with van der Waals surface area (Å²) in [7, 11) is -3.15. The van der Waals surface area contributed by atoms with Crippen LogP contribution < -0.4 is 9.47 Å². The molecule has 0 radical (unpaired) electrons. The minimum Gasteiger partial charge on any atom is -0.489 e. The second-order valence-electron chi connectivity index (χ2n) is 8.98. The molecule has 1 N–H and O–H groups in total. The van der Waals surface area contributed by atoms with Crippen molar-refractivity contribution < 1.29 is 47.0 Å². The smallest absolute Gasteiger partial charge is 0.472 e. The van der Waals surface area contributed by atoms with Gasteiger partial charge in [0.1, 0.15) is 49.0 Å². The maximum Gasteiger partial charge on any atom is 0.472 e. The molecule has 0 saturated heterocycles. The molecule has 0 bridgehead atoms. The first kappa shape index (κ1) is 32.7. The Kier molecular flexibility index (Phi) is 13.4. The number of ether oxygens (including phenoxy) is 4. The Hall–Kier alpha value is -3.79. The van der Waals surface area contributed by atoms with Gasteiger partial charge in [0.25, 0.3) is 0 Å². The average Bonchev–Trinajstić information content (AvgIpc) is 2.99. The van der Waals surface area contributed by atoms with Gasteiger partial charge in [-0.25, -0.2) is 4.57 Å². The molecule has 0 aliphatic carbocycles. The number of hydrogen-bond acceptors (Lipinski definition) is 9. The molecule has 0 aromatic heterocycles. The van der Waals surface area contributed by atoms with E-state index < -0.39 is 26.0 Å². The maximum atomic E-state index is 12.5. The van der Waals surface area contributed by atoms with Crippen molar-refractivity contribution in [3.05, 3.63) is 103 Å². The highest BCUT2D eigenvalue weighted by atomic mass is 31.2. The zero-order valence-corrected chi connectivity index (χ0v) is 24.2. The first-order chi connectivity index (χ1) is 20.3. The van der Waals surface area contributed by atoms with Crippen LogP contribution in [0, 0.1) is 0 Å². The number of aldehydes is 1. The van der Waals surface area contributed by atoms with Gasteiger partial charge < -0.3 is 28.6 Å². The third kappa shape index (κ3) is 11.2. The molecular weight excluding hydrogens is 563 g/mol. The van der Waals surface area contributed by atoms with Crippen molar-refractivity contribution in [3.8, 4) is 17.2 Å². The number of carbonyl (C=O) groups is 2. The molecule has 224 valence electrons. The summed E-state index contributed by atoms with van der Waals surface area (Å²) in [5, 5.41) is 0. The van der Waals surface area contributed by atoms with E-state index in [0.29, 0.717) is 30.8 Å². The number of aryl methyl sites for hydroxylation is 1. The monoisotopic (exact) mass is 598 g/mol. The normalized spacial score (nSPS) is 13.8. The molecule has 0 amide bonds. The van der Waals surface area contributed by atoms with Crippen LogP contribution in [0.25, 0.3) is 0 Å². The van der Waals surface area contributed by atoms with Gasteiger partial charge in [0, 0.05) is 20.0 Å². The number of para-hydroxylation sites is 2. The van der Waals surface area contributed by atoms with Crippen molar-refractivity contribution in [2.75, 3.05) is 20.3 Å². The zero-order chi connectivity index (χ0) is 30.2. The predicted molar refractivity (Wildman–Crippen MR) is 155 cm³/mol. The summed E-state index contributed by atoms with van der Waals surface area (Å²) in [6.45, 7) is 3.35. The topological polar surface area (TPSA) is 127 Å². The van der Waals surface area contributed by atoms with Crippen LogP contribution in [0.1, 0.15) is 24.0 Å². The summed E-state index contributed by atoms with van der Waals surface area (Å²) < 4.78 is 44.5. The quantitative estimate of drug-likeness (QED) is 0.0592. The van der Waals surface area contributed by atoms with E-state index in [1.807, 2.05) is 78.9 Å². The number of phosphoric acid groups is 1. The number of methoxy groups -OCH3 is 1. The van der Waals surface area contributed by atoms with Gasteiger partial charge in [0.05, 0.1) is 6.61 Å². The molecule has 11 heteroatoms. The largest absolute Gasteiger partial charge is 0.489 e. The second kappa shape index (κ2) is 17.2. The Labute approximate surface area is 245 Å². The van der Waals surface area contributed by atoms with E-state index in [9.17, 15) is 19.0 Å². The number of hydrogen-bond donors (Lipinski definition) is 1. The van der Waals surface area contributed by atoms with Crippen LogP contribution in [-0.4, -0.2) is 49.7 Å². The van der Waals surface area contributed by atoms with E-state index in [1.165, 1.54) is 13.2 Å². The van der Waals surface area contributed by atoms with Gasteiger partial charge in [-0.2, -0.15) is 0 Å². The first-order valence-electron chi connectivity index (χ1n) is 13.3. The maximum absolute atomic E-state index is 12.5. The van der Waals surface area contributed by atoms with E-state index in [-0.39, 0.29) is 26.1 Å². The minimum atomic E-state index is -4.49. The first-order valence-corrected chi connectivity index (χ1v) is 14.8. The Morgan fingerprint density at radius 2 is 1.76 bits per heavy atom. The Morgan fingerprint density at radius 1 is 1.02 bits per heavy atom. The van der Waals surface area contributed by atoms with E-state index in [1.54, 1.807) is 0 Å². The van der Waals surface area contributed by atoms with Crippen LogP contribution >= 0.6 is 7.82 Å². The summed E-state index contributed by atoms with van der Waals surface area (Å²) in [5.74, 6) is 1.58. The number of rotatable bonds is 19. The third-order valence-electron chi connectivity index (χ3n) is 5.90. The number of esters is 1. The fourth-order valence-electron chi connectivity index (χ4n) is 3.78. The lowest BCUT2D eigenvalue weighted by atomic mass is 10.1. The standard InChI is InChI=1S/C31H35O10P/c1-3-28(41-42(34,35)39-20-10-19-32)30(36-2)23-38-31(33)18-17-25-12-7-8-16-29(25)37-22-24-11-9-15-27(21-24)40-26-13-5-4-6-14-26/h3-9,11-16,19,21,28,30H,1,10,17-18,20,22-23H2,2H3,(H,34,35). The van der Waals surface area contributed by atoms with Crippen molar-refractivity contribution in [3.63, 3.8) is 0 Å². The summed E-state index contributed by atoms with van der Waals surface area (Å²) in [4.78, 5) is 32.8. The zero-order valence-electron chi connectivity index (χ0n) is 23.3. The van der Waals surface area contributed by atoms with Crippen LogP contribution in [0.4, 0.5) is 0 Å². The van der Waals surface area contributed by atoms with Crippen LogP contribution in [0.15, 0.2) is 91.5 Å². The molecule has 0 heterocycles. The van der Waals surface area contributed by atoms with Gasteiger partial charge >= 0.3 is 13.8 Å². The molecule has 3 unspecified atom stereocenters.